The Morgan fingerprint density at radius 1 is 1.09 bits per heavy atom. The number of carbonyl (C=O) groups excluding carboxylic acids is 1. The highest BCUT2D eigenvalue weighted by atomic mass is 19.1. The molecule has 0 fully saturated rings. The first-order chi connectivity index (χ1) is 10.6. The largest absolute Gasteiger partial charge is 0.336 e. The summed E-state index contributed by atoms with van der Waals surface area (Å²) >= 11 is 0. The number of rotatable bonds is 3. The number of hydrogen-bond donors (Lipinski definition) is 0. The molecule has 0 spiro atoms. The van der Waals surface area contributed by atoms with Gasteiger partial charge in [0.1, 0.15) is 11.5 Å². The standard InChI is InChI=1S/C17H14FN3O/c1-21(11-12-6-8-13(18)9-7-12)17(22)16-10-19-14-4-2-3-5-15(14)20-16/h2-10H,11H2,1H3. The zero-order valence-electron chi connectivity index (χ0n) is 12.0. The minimum absolute atomic E-state index is 0.220. The summed E-state index contributed by atoms with van der Waals surface area (Å²) in [5.74, 6) is -0.513. The van der Waals surface area contributed by atoms with Crippen LogP contribution in [0.5, 0.6) is 0 Å². The Morgan fingerprint density at radius 2 is 1.77 bits per heavy atom. The van der Waals surface area contributed by atoms with Gasteiger partial charge in [0.15, 0.2) is 0 Å². The molecule has 2 aromatic carbocycles. The molecule has 3 rings (SSSR count). The molecule has 1 heterocycles. The third-order valence-electron chi connectivity index (χ3n) is 3.35. The number of benzene rings is 2. The molecule has 0 bridgehead atoms. The number of aromatic nitrogens is 2. The van der Waals surface area contributed by atoms with Gasteiger partial charge >= 0.3 is 0 Å². The van der Waals surface area contributed by atoms with Crippen molar-refractivity contribution in [2.75, 3.05) is 7.05 Å². The first-order valence-corrected chi connectivity index (χ1v) is 6.85. The van der Waals surface area contributed by atoms with Crippen LogP contribution in [0.3, 0.4) is 0 Å². The van der Waals surface area contributed by atoms with Gasteiger partial charge in [0.25, 0.3) is 5.91 Å². The van der Waals surface area contributed by atoms with Crippen LogP contribution in [0.4, 0.5) is 4.39 Å². The third kappa shape index (κ3) is 2.93. The topological polar surface area (TPSA) is 46.1 Å². The summed E-state index contributed by atoms with van der Waals surface area (Å²) in [6.07, 6.45) is 1.48. The highest BCUT2D eigenvalue weighted by Gasteiger charge is 2.14. The van der Waals surface area contributed by atoms with Crippen molar-refractivity contribution in [1.82, 2.24) is 14.9 Å². The number of nitrogens with zero attached hydrogens (tertiary/aromatic N) is 3. The predicted octanol–water partition coefficient (Wildman–Crippen LogP) is 3.04. The zero-order chi connectivity index (χ0) is 15.5. The highest BCUT2D eigenvalue weighted by molar-refractivity contribution is 5.93. The highest BCUT2D eigenvalue weighted by Crippen LogP contribution is 2.11. The monoisotopic (exact) mass is 295 g/mol. The molecular weight excluding hydrogens is 281 g/mol. The summed E-state index contributed by atoms with van der Waals surface area (Å²) < 4.78 is 12.9. The van der Waals surface area contributed by atoms with Gasteiger partial charge in [-0.2, -0.15) is 0 Å². The molecule has 0 aliphatic rings. The molecule has 1 aromatic heterocycles. The fourth-order valence-corrected chi connectivity index (χ4v) is 2.19. The van der Waals surface area contributed by atoms with E-state index >= 15 is 0 Å². The number of amides is 1. The van der Waals surface area contributed by atoms with Gasteiger partial charge in [0.05, 0.1) is 17.2 Å². The molecule has 3 aromatic rings. The maximum atomic E-state index is 12.9. The van der Waals surface area contributed by atoms with Gasteiger partial charge in [-0.1, -0.05) is 24.3 Å². The lowest BCUT2D eigenvalue weighted by Gasteiger charge is -2.16. The van der Waals surface area contributed by atoms with Crippen LogP contribution >= 0.6 is 0 Å². The van der Waals surface area contributed by atoms with Crippen molar-refractivity contribution in [2.24, 2.45) is 0 Å². The molecule has 0 radical (unpaired) electrons. The van der Waals surface area contributed by atoms with Crippen LogP contribution < -0.4 is 0 Å². The second-order valence-corrected chi connectivity index (χ2v) is 5.03. The predicted molar refractivity (Wildman–Crippen MR) is 81.7 cm³/mol. The molecule has 5 heteroatoms. The SMILES string of the molecule is CN(Cc1ccc(F)cc1)C(=O)c1cnc2ccccc2n1. The average molecular weight is 295 g/mol. The number of hydrogen-bond acceptors (Lipinski definition) is 3. The lowest BCUT2D eigenvalue weighted by atomic mass is 10.2. The second-order valence-electron chi connectivity index (χ2n) is 5.03. The van der Waals surface area contributed by atoms with Crippen LogP contribution in [0.15, 0.2) is 54.7 Å². The maximum absolute atomic E-state index is 12.9. The van der Waals surface area contributed by atoms with Gasteiger partial charge in [0.2, 0.25) is 0 Å². The lowest BCUT2D eigenvalue weighted by molar-refractivity contribution is 0.0779. The van der Waals surface area contributed by atoms with Crippen LogP contribution in [-0.4, -0.2) is 27.8 Å². The molecular formula is C17H14FN3O. The van der Waals surface area contributed by atoms with E-state index in [1.165, 1.54) is 23.2 Å². The van der Waals surface area contributed by atoms with Gasteiger partial charge in [-0.15, -0.1) is 0 Å². The fourth-order valence-electron chi connectivity index (χ4n) is 2.19. The lowest BCUT2D eigenvalue weighted by Crippen LogP contribution is -2.27. The van der Waals surface area contributed by atoms with Crippen LogP contribution in [0.25, 0.3) is 11.0 Å². The molecule has 0 saturated carbocycles. The molecule has 0 aliphatic carbocycles. The van der Waals surface area contributed by atoms with E-state index in [2.05, 4.69) is 9.97 Å². The van der Waals surface area contributed by atoms with Crippen molar-refractivity contribution in [3.63, 3.8) is 0 Å². The molecule has 22 heavy (non-hydrogen) atoms. The first kappa shape index (κ1) is 14.1. The minimum Gasteiger partial charge on any atom is -0.336 e. The summed E-state index contributed by atoms with van der Waals surface area (Å²) in [7, 11) is 1.68. The van der Waals surface area contributed by atoms with Crippen molar-refractivity contribution >= 4 is 16.9 Å². The Hall–Kier alpha value is -2.82. The average Bonchev–Trinajstić information content (AvgIpc) is 2.55. The Morgan fingerprint density at radius 3 is 2.50 bits per heavy atom. The van der Waals surface area contributed by atoms with Crippen molar-refractivity contribution in [1.29, 1.82) is 0 Å². The first-order valence-electron chi connectivity index (χ1n) is 6.85. The van der Waals surface area contributed by atoms with Crippen LogP contribution in [0.2, 0.25) is 0 Å². The molecule has 0 unspecified atom stereocenters. The third-order valence-corrected chi connectivity index (χ3v) is 3.35. The Labute approximate surface area is 127 Å². The van der Waals surface area contributed by atoms with E-state index in [-0.39, 0.29) is 11.7 Å². The summed E-state index contributed by atoms with van der Waals surface area (Å²) in [5.41, 5.74) is 2.58. The van der Waals surface area contributed by atoms with E-state index in [0.717, 1.165) is 11.1 Å². The molecule has 0 saturated heterocycles. The molecule has 0 atom stereocenters. The van der Waals surface area contributed by atoms with E-state index < -0.39 is 0 Å². The van der Waals surface area contributed by atoms with Crippen molar-refractivity contribution < 1.29 is 9.18 Å². The van der Waals surface area contributed by atoms with Crippen LogP contribution in [0.1, 0.15) is 16.1 Å². The normalized spacial score (nSPS) is 10.6. The fraction of sp³-hybridized carbons (Fsp3) is 0.118. The Bertz CT molecular complexity index is 818. The van der Waals surface area contributed by atoms with E-state index in [1.807, 2.05) is 24.3 Å². The zero-order valence-corrected chi connectivity index (χ0v) is 12.0. The van der Waals surface area contributed by atoms with Crippen LogP contribution in [-0.2, 0) is 6.54 Å². The number of para-hydroxylation sites is 2. The van der Waals surface area contributed by atoms with Gasteiger partial charge in [0, 0.05) is 13.6 Å². The van der Waals surface area contributed by atoms with Crippen molar-refractivity contribution in [3.05, 3.63) is 71.8 Å². The molecule has 110 valence electrons. The number of carbonyl (C=O) groups is 1. The van der Waals surface area contributed by atoms with E-state index in [4.69, 9.17) is 0 Å². The summed E-state index contributed by atoms with van der Waals surface area (Å²) in [4.78, 5) is 22.5. The molecule has 0 N–H and O–H groups in total. The van der Waals surface area contributed by atoms with Crippen molar-refractivity contribution in [2.45, 2.75) is 6.54 Å². The van der Waals surface area contributed by atoms with E-state index in [9.17, 15) is 9.18 Å². The Balaban J connectivity index is 1.80. The van der Waals surface area contributed by atoms with E-state index in [1.54, 1.807) is 19.2 Å². The quantitative estimate of drug-likeness (QED) is 0.746. The van der Waals surface area contributed by atoms with E-state index in [0.29, 0.717) is 17.8 Å². The molecule has 1 amide bonds. The molecule has 0 aliphatic heterocycles. The van der Waals surface area contributed by atoms with Gasteiger partial charge in [-0.25, -0.2) is 9.37 Å². The molecule has 4 nitrogen and oxygen atoms in total. The smallest absolute Gasteiger partial charge is 0.274 e. The second kappa shape index (κ2) is 5.89. The van der Waals surface area contributed by atoms with Gasteiger partial charge in [-0.05, 0) is 29.8 Å². The van der Waals surface area contributed by atoms with Gasteiger partial charge in [-0.3, -0.25) is 9.78 Å². The summed E-state index contributed by atoms with van der Waals surface area (Å²) in [6.45, 7) is 0.383. The minimum atomic E-state index is -0.293. The van der Waals surface area contributed by atoms with Crippen LogP contribution in [0, 0.1) is 5.82 Å². The summed E-state index contributed by atoms with van der Waals surface area (Å²) in [5, 5.41) is 0. The Kier molecular flexibility index (Phi) is 3.78. The number of fused-ring (bicyclic) bond motifs is 1. The summed E-state index contributed by atoms with van der Waals surface area (Å²) in [6, 6.07) is 13.5. The maximum Gasteiger partial charge on any atom is 0.274 e. The van der Waals surface area contributed by atoms with Crippen molar-refractivity contribution in [3.8, 4) is 0 Å². The van der Waals surface area contributed by atoms with Gasteiger partial charge < -0.3 is 4.90 Å². The number of halogens is 1.